The number of rotatable bonds is 6. The van der Waals surface area contributed by atoms with Crippen molar-refractivity contribution in [1.29, 1.82) is 0 Å². The summed E-state index contributed by atoms with van der Waals surface area (Å²) in [4.78, 5) is 17.0. The molecule has 0 saturated carbocycles. The number of aliphatic hydroxyl groups is 1. The number of hydrogen-bond acceptors (Lipinski definition) is 6. The van der Waals surface area contributed by atoms with Crippen molar-refractivity contribution in [3.8, 4) is 0 Å². The predicted octanol–water partition coefficient (Wildman–Crippen LogP) is 2.81. The number of anilines is 2. The van der Waals surface area contributed by atoms with Crippen molar-refractivity contribution < 1.29 is 10.0 Å². The van der Waals surface area contributed by atoms with Gasteiger partial charge in [-0.3, -0.25) is 10.1 Å². The second-order valence-electron chi connectivity index (χ2n) is 6.29. The minimum atomic E-state index is -0.402. The van der Waals surface area contributed by atoms with Crippen molar-refractivity contribution in [3.05, 3.63) is 58.3 Å². The fourth-order valence-corrected chi connectivity index (χ4v) is 2.98. The number of aliphatic hydroxyl groups excluding tert-OH is 1. The Kier molecular flexibility index (Phi) is 5.45. The molecule has 1 aliphatic rings. The maximum absolute atomic E-state index is 10.7. The Balaban J connectivity index is 1.53. The highest BCUT2D eigenvalue weighted by molar-refractivity contribution is 5.50. The summed E-state index contributed by atoms with van der Waals surface area (Å²) in [6.45, 7) is 2.73. The van der Waals surface area contributed by atoms with Crippen LogP contribution in [0.15, 0.2) is 42.6 Å². The number of benzene rings is 1. The molecular formula is C18H22N4O3. The van der Waals surface area contributed by atoms with Gasteiger partial charge in [-0.15, -0.1) is 0 Å². The number of aromatic nitrogens is 1. The molecule has 2 aromatic rings. The molecule has 0 radical (unpaired) electrons. The van der Waals surface area contributed by atoms with Gasteiger partial charge in [-0.05, 0) is 36.5 Å². The first-order valence-corrected chi connectivity index (χ1v) is 8.45. The third-order valence-electron chi connectivity index (χ3n) is 4.61. The highest BCUT2D eigenvalue weighted by atomic mass is 16.6. The van der Waals surface area contributed by atoms with E-state index in [0.717, 1.165) is 43.0 Å². The van der Waals surface area contributed by atoms with E-state index in [1.54, 1.807) is 12.1 Å². The van der Waals surface area contributed by atoms with Gasteiger partial charge in [0.2, 0.25) is 0 Å². The van der Waals surface area contributed by atoms with E-state index in [-0.39, 0.29) is 12.3 Å². The van der Waals surface area contributed by atoms with Crippen LogP contribution in [0.2, 0.25) is 0 Å². The van der Waals surface area contributed by atoms with Crippen molar-refractivity contribution >= 4 is 17.2 Å². The van der Waals surface area contributed by atoms with Crippen LogP contribution in [-0.4, -0.2) is 34.7 Å². The molecule has 1 aliphatic heterocycles. The lowest BCUT2D eigenvalue weighted by atomic mass is 9.98. The molecule has 0 unspecified atom stereocenters. The minimum absolute atomic E-state index is 0.0937. The van der Waals surface area contributed by atoms with Crippen LogP contribution in [0.5, 0.6) is 0 Å². The van der Waals surface area contributed by atoms with Crippen LogP contribution in [0, 0.1) is 16.0 Å². The standard InChI is InChI=1S/C18H22N4O3/c23-13-15-7-9-21(10-8-15)17-5-6-18(20-12-17)19-11-14-1-3-16(4-2-14)22(24)25/h1-6,12,15,23H,7-11,13H2,(H,19,20). The van der Waals surface area contributed by atoms with E-state index in [4.69, 9.17) is 0 Å². The molecule has 25 heavy (non-hydrogen) atoms. The average Bonchev–Trinajstić information content (AvgIpc) is 2.67. The highest BCUT2D eigenvalue weighted by Crippen LogP contribution is 2.23. The molecule has 7 nitrogen and oxygen atoms in total. The van der Waals surface area contributed by atoms with Crippen molar-refractivity contribution in [2.24, 2.45) is 5.92 Å². The zero-order valence-electron chi connectivity index (χ0n) is 14.0. The van der Waals surface area contributed by atoms with E-state index in [0.29, 0.717) is 12.5 Å². The van der Waals surface area contributed by atoms with Crippen LogP contribution >= 0.6 is 0 Å². The zero-order chi connectivity index (χ0) is 17.6. The van der Waals surface area contributed by atoms with Crippen molar-refractivity contribution in [3.63, 3.8) is 0 Å². The second-order valence-corrected chi connectivity index (χ2v) is 6.29. The molecule has 0 spiro atoms. The maximum atomic E-state index is 10.7. The van der Waals surface area contributed by atoms with Gasteiger partial charge in [0, 0.05) is 38.4 Å². The molecule has 0 atom stereocenters. The Labute approximate surface area is 146 Å². The molecule has 132 valence electrons. The van der Waals surface area contributed by atoms with Gasteiger partial charge < -0.3 is 15.3 Å². The van der Waals surface area contributed by atoms with Gasteiger partial charge in [0.1, 0.15) is 5.82 Å². The summed E-state index contributed by atoms with van der Waals surface area (Å²) in [6.07, 6.45) is 3.88. The molecule has 3 rings (SSSR count). The van der Waals surface area contributed by atoms with Crippen LogP contribution in [0.25, 0.3) is 0 Å². The molecular weight excluding hydrogens is 320 g/mol. The average molecular weight is 342 g/mol. The summed E-state index contributed by atoms with van der Waals surface area (Å²) in [6, 6.07) is 10.5. The number of nitro groups is 1. The lowest BCUT2D eigenvalue weighted by molar-refractivity contribution is -0.384. The normalized spacial score (nSPS) is 15.2. The van der Waals surface area contributed by atoms with Gasteiger partial charge in [0.25, 0.3) is 5.69 Å². The number of nitrogens with zero attached hydrogens (tertiary/aromatic N) is 3. The monoisotopic (exact) mass is 342 g/mol. The van der Waals surface area contributed by atoms with Crippen LogP contribution < -0.4 is 10.2 Å². The van der Waals surface area contributed by atoms with Crippen molar-refractivity contribution in [1.82, 2.24) is 4.98 Å². The number of hydrogen-bond donors (Lipinski definition) is 2. The minimum Gasteiger partial charge on any atom is -0.396 e. The molecule has 7 heteroatoms. The Bertz CT molecular complexity index is 695. The Morgan fingerprint density at radius 1 is 1.20 bits per heavy atom. The van der Waals surface area contributed by atoms with E-state index < -0.39 is 4.92 Å². The number of pyridine rings is 1. The third-order valence-corrected chi connectivity index (χ3v) is 4.61. The van der Waals surface area contributed by atoms with Crippen molar-refractivity contribution in [2.75, 3.05) is 29.9 Å². The van der Waals surface area contributed by atoms with Gasteiger partial charge in [-0.2, -0.15) is 0 Å². The van der Waals surface area contributed by atoms with E-state index in [1.165, 1.54) is 12.1 Å². The fourth-order valence-electron chi connectivity index (χ4n) is 2.98. The van der Waals surface area contributed by atoms with E-state index in [9.17, 15) is 15.2 Å². The molecule has 2 N–H and O–H groups in total. The van der Waals surface area contributed by atoms with Gasteiger partial charge in [-0.1, -0.05) is 12.1 Å². The first kappa shape index (κ1) is 17.2. The van der Waals surface area contributed by atoms with Crippen LogP contribution in [0.4, 0.5) is 17.2 Å². The Morgan fingerprint density at radius 3 is 2.48 bits per heavy atom. The molecule has 1 aromatic carbocycles. The van der Waals surface area contributed by atoms with Crippen LogP contribution in [-0.2, 0) is 6.54 Å². The van der Waals surface area contributed by atoms with E-state index in [2.05, 4.69) is 15.2 Å². The van der Waals surface area contributed by atoms with E-state index >= 15 is 0 Å². The topological polar surface area (TPSA) is 91.5 Å². The SMILES string of the molecule is O=[N+]([O-])c1ccc(CNc2ccc(N3CCC(CO)CC3)cn2)cc1. The Hall–Kier alpha value is -2.67. The van der Waals surface area contributed by atoms with Gasteiger partial charge in [0.15, 0.2) is 0 Å². The summed E-state index contributed by atoms with van der Waals surface area (Å²) in [7, 11) is 0. The summed E-state index contributed by atoms with van der Waals surface area (Å²) in [5.41, 5.74) is 2.15. The molecule has 0 amide bonds. The van der Waals surface area contributed by atoms with Gasteiger partial charge >= 0.3 is 0 Å². The molecule has 1 aromatic heterocycles. The van der Waals surface area contributed by atoms with Crippen LogP contribution in [0.1, 0.15) is 18.4 Å². The van der Waals surface area contributed by atoms with Crippen LogP contribution in [0.3, 0.4) is 0 Å². The predicted molar refractivity (Wildman–Crippen MR) is 96.7 cm³/mol. The first-order chi connectivity index (χ1) is 12.2. The molecule has 1 fully saturated rings. The fraction of sp³-hybridized carbons (Fsp3) is 0.389. The van der Waals surface area contributed by atoms with E-state index in [1.807, 2.05) is 18.3 Å². The van der Waals surface area contributed by atoms with Gasteiger partial charge in [0.05, 0.1) is 16.8 Å². The molecule has 1 saturated heterocycles. The molecule has 0 aliphatic carbocycles. The number of non-ortho nitro benzene ring substituents is 1. The zero-order valence-corrected chi connectivity index (χ0v) is 14.0. The largest absolute Gasteiger partial charge is 0.396 e. The first-order valence-electron chi connectivity index (χ1n) is 8.45. The molecule has 2 heterocycles. The number of piperidine rings is 1. The van der Waals surface area contributed by atoms with Gasteiger partial charge in [-0.25, -0.2) is 4.98 Å². The summed E-state index contributed by atoms with van der Waals surface area (Å²) >= 11 is 0. The second kappa shape index (κ2) is 7.94. The lowest BCUT2D eigenvalue weighted by Crippen LogP contribution is -2.34. The smallest absolute Gasteiger partial charge is 0.269 e. The molecule has 0 bridgehead atoms. The Morgan fingerprint density at radius 2 is 1.92 bits per heavy atom. The van der Waals surface area contributed by atoms with Crippen molar-refractivity contribution in [2.45, 2.75) is 19.4 Å². The third kappa shape index (κ3) is 4.45. The quantitative estimate of drug-likeness (QED) is 0.619. The highest BCUT2D eigenvalue weighted by Gasteiger charge is 2.18. The summed E-state index contributed by atoms with van der Waals surface area (Å²) in [5, 5.41) is 23.1. The summed E-state index contributed by atoms with van der Waals surface area (Å²) < 4.78 is 0. The summed E-state index contributed by atoms with van der Waals surface area (Å²) in [5.74, 6) is 1.19. The maximum Gasteiger partial charge on any atom is 0.269 e. The number of nitrogens with one attached hydrogen (secondary N) is 1. The lowest BCUT2D eigenvalue weighted by Gasteiger charge is -2.32. The number of nitro benzene ring substituents is 1.